The number of aromatic hydroxyl groups is 1. The van der Waals surface area contributed by atoms with Crippen molar-refractivity contribution in [2.75, 3.05) is 7.05 Å². The van der Waals surface area contributed by atoms with E-state index >= 15 is 0 Å². The van der Waals surface area contributed by atoms with Gasteiger partial charge in [-0.3, -0.25) is 9.59 Å². The lowest BCUT2D eigenvalue weighted by molar-refractivity contribution is 0.0618. The number of carboxylic acid groups (broad SMARTS) is 1. The van der Waals surface area contributed by atoms with Gasteiger partial charge in [-0.2, -0.15) is 0 Å². The molecule has 0 saturated carbocycles. The Labute approximate surface area is 172 Å². The number of fused-ring (bicyclic) bond motifs is 1. The van der Waals surface area contributed by atoms with Crippen LogP contribution in [0.15, 0.2) is 71.7 Å². The van der Waals surface area contributed by atoms with Gasteiger partial charge < -0.3 is 19.7 Å². The Kier molecular flexibility index (Phi) is 4.87. The largest absolute Gasteiger partial charge is 0.503 e. The monoisotopic (exact) mass is 404 g/mol. The summed E-state index contributed by atoms with van der Waals surface area (Å²) in [5, 5.41) is 19.6. The van der Waals surface area contributed by atoms with Crippen molar-refractivity contribution >= 4 is 11.9 Å². The molecule has 152 valence electrons. The van der Waals surface area contributed by atoms with Crippen LogP contribution in [0.25, 0.3) is 0 Å². The number of rotatable bonds is 4. The Morgan fingerprint density at radius 1 is 1.00 bits per heavy atom. The molecule has 1 aliphatic rings. The standard InChI is InChI=1S/C23H20N2O5/c1-24-17(18(14-8-4-2-5-9-14)15-10-6-3-7-11-15)13-25-12-16(23(29)30)20(26)21(27)19(25)22(24)28/h2-12,17-18,27H,13H2,1H3,(H,29,30)/t17-/m0/s1. The van der Waals surface area contributed by atoms with E-state index in [1.807, 2.05) is 60.7 Å². The number of hydrogen-bond acceptors (Lipinski definition) is 4. The van der Waals surface area contributed by atoms with Crippen LogP contribution in [0.4, 0.5) is 0 Å². The summed E-state index contributed by atoms with van der Waals surface area (Å²) in [4.78, 5) is 38.2. The number of pyridine rings is 1. The number of benzene rings is 2. The molecule has 0 aliphatic carbocycles. The fourth-order valence-corrected chi connectivity index (χ4v) is 4.10. The Morgan fingerprint density at radius 3 is 2.03 bits per heavy atom. The summed E-state index contributed by atoms with van der Waals surface area (Å²) >= 11 is 0. The molecular weight excluding hydrogens is 384 g/mol. The Morgan fingerprint density at radius 2 is 1.53 bits per heavy atom. The lowest BCUT2D eigenvalue weighted by Crippen LogP contribution is -2.50. The van der Waals surface area contributed by atoms with Gasteiger partial charge in [-0.15, -0.1) is 0 Å². The molecular formula is C23H20N2O5. The first-order valence-electron chi connectivity index (χ1n) is 9.47. The molecule has 1 aromatic heterocycles. The number of aromatic nitrogens is 1. The average Bonchev–Trinajstić information content (AvgIpc) is 2.75. The van der Waals surface area contributed by atoms with Crippen LogP contribution in [0.1, 0.15) is 37.9 Å². The van der Waals surface area contributed by atoms with Crippen LogP contribution in [0.2, 0.25) is 0 Å². The van der Waals surface area contributed by atoms with Crippen molar-refractivity contribution in [3.63, 3.8) is 0 Å². The fourth-order valence-electron chi connectivity index (χ4n) is 4.10. The number of carboxylic acids is 1. The van der Waals surface area contributed by atoms with E-state index < -0.39 is 28.6 Å². The fraction of sp³-hybridized carbons (Fsp3) is 0.174. The maximum absolute atomic E-state index is 13.1. The summed E-state index contributed by atoms with van der Waals surface area (Å²) in [7, 11) is 1.63. The summed E-state index contributed by atoms with van der Waals surface area (Å²) in [6.07, 6.45) is 1.14. The lowest BCUT2D eigenvalue weighted by atomic mass is 9.83. The predicted molar refractivity (Wildman–Crippen MR) is 110 cm³/mol. The van der Waals surface area contributed by atoms with E-state index in [4.69, 9.17) is 0 Å². The Hall–Kier alpha value is -3.87. The van der Waals surface area contributed by atoms with E-state index in [-0.39, 0.29) is 24.2 Å². The molecule has 30 heavy (non-hydrogen) atoms. The summed E-state index contributed by atoms with van der Waals surface area (Å²) in [6, 6.07) is 19.1. The molecule has 4 rings (SSSR count). The first kappa shape index (κ1) is 19.4. The van der Waals surface area contributed by atoms with Crippen molar-refractivity contribution in [3.8, 4) is 5.75 Å². The van der Waals surface area contributed by atoms with Crippen LogP contribution < -0.4 is 5.43 Å². The van der Waals surface area contributed by atoms with Crippen LogP contribution in [-0.2, 0) is 6.54 Å². The summed E-state index contributed by atoms with van der Waals surface area (Å²) in [6.45, 7) is 0.222. The number of likely N-dealkylation sites (N-methyl/N-ethyl adjacent to an activating group) is 1. The van der Waals surface area contributed by atoms with Gasteiger partial charge in [0.25, 0.3) is 5.91 Å². The Bertz CT molecular complexity index is 1130. The molecule has 0 fully saturated rings. The normalized spacial score (nSPS) is 15.9. The molecule has 2 aromatic carbocycles. The molecule has 0 unspecified atom stereocenters. The third-order valence-corrected chi connectivity index (χ3v) is 5.59. The number of carbonyl (C=O) groups is 2. The minimum absolute atomic E-state index is 0.190. The minimum Gasteiger partial charge on any atom is -0.503 e. The average molecular weight is 404 g/mol. The van der Waals surface area contributed by atoms with Crippen molar-refractivity contribution in [2.24, 2.45) is 0 Å². The van der Waals surface area contributed by atoms with Gasteiger partial charge in [0.1, 0.15) is 5.56 Å². The van der Waals surface area contributed by atoms with Crippen LogP contribution in [-0.4, -0.2) is 44.6 Å². The second-order valence-corrected chi connectivity index (χ2v) is 7.31. The van der Waals surface area contributed by atoms with Crippen molar-refractivity contribution < 1.29 is 19.8 Å². The van der Waals surface area contributed by atoms with Gasteiger partial charge in [-0.25, -0.2) is 4.79 Å². The minimum atomic E-state index is -1.45. The zero-order valence-electron chi connectivity index (χ0n) is 16.2. The number of aromatic carboxylic acids is 1. The summed E-state index contributed by atoms with van der Waals surface area (Å²) < 4.78 is 1.38. The van der Waals surface area contributed by atoms with Crippen LogP contribution in [0.5, 0.6) is 5.75 Å². The van der Waals surface area contributed by atoms with Gasteiger partial charge in [-0.05, 0) is 11.1 Å². The summed E-state index contributed by atoms with van der Waals surface area (Å²) in [5.41, 5.74) is 0.185. The van der Waals surface area contributed by atoms with Crippen LogP contribution >= 0.6 is 0 Å². The van der Waals surface area contributed by atoms with Crippen molar-refractivity contribution in [3.05, 3.63) is 99.5 Å². The molecule has 0 radical (unpaired) electrons. The van der Waals surface area contributed by atoms with E-state index in [0.29, 0.717) is 0 Å². The highest BCUT2D eigenvalue weighted by atomic mass is 16.4. The first-order chi connectivity index (χ1) is 14.4. The van der Waals surface area contributed by atoms with Gasteiger partial charge in [0.2, 0.25) is 5.43 Å². The van der Waals surface area contributed by atoms with E-state index in [2.05, 4.69) is 0 Å². The van der Waals surface area contributed by atoms with Gasteiger partial charge in [-0.1, -0.05) is 60.7 Å². The zero-order valence-corrected chi connectivity index (χ0v) is 16.2. The smallest absolute Gasteiger partial charge is 0.341 e. The first-order valence-corrected chi connectivity index (χ1v) is 9.47. The molecule has 0 spiro atoms. The lowest BCUT2D eigenvalue weighted by Gasteiger charge is -2.40. The quantitative estimate of drug-likeness (QED) is 0.696. The third kappa shape index (κ3) is 3.14. The van der Waals surface area contributed by atoms with Crippen molar-refractivity contribution in [1.29, 1.82) is 0 Å². The molecule has 1 atom stereocenters. The molecule has 1 aliphatic heterocycles. The van der Waals surface area contributed by atoms with E-state index in [0.717, 1.165) is 17.3 Å². The number of hydrogen-bond donors (Lipinski definition) is 2. The molecule has 7 heteroatoms. The summed E-state index contributed by atoms with van der Waals surface area (Å²) in [5.74, 6) is -3.00. The molecule has 7 nitrogen and oxygen atoms in total. The maximum atomic E-state index is 13.1. The highest BCUT2D eigenvalue weighted by Gasteiger charge is 2.39. The maximum Gasteiger partial charge on any atom is 0.341 e. The van der Waals surface area contributed by atoms with E-state index in [1.165, 1.54) is 9.47 Å². The highest BCUT2D eigenvalue weighted by molar-refractivity contribution is 5.97. The van der Waals surface area contributed by atoms with Crippen molar-refractivity contribution in [2.45, 2.75) is 18.5 Å². The van der Waals surface area contributed by atoms with E-state index in [9.17, 15) is 24.6 Å². The number of amides is 1. The van der Waals surface area contributed by atoms with Crippen LogP contribution in [0, 0.1) is 0 Å². The third-order valence-electron chi connectivity index (χ3n) is 5.59. The Balaban J connectivity index is 1.88. The predicted octanol–water partition coefficient (Wildman–Crippen LogP) is 2.54. The molecule has 0 bridgehead atoms. The SMILES string of the molecule is CN1C(=O)c2c(O)c(=O)c(C(=O)O)cn2C[C@H]1C(c1ccccc1)c1ccccc1. The molecule has 2 heterocycles. The number of carbonyl (C=O) groups excluding carboxylic acids is 1. The second-order valence-electron chi connectivity index (χ2n) is 7.31. The topological polar surface area (TPSA) is 99.8 Å². The zero-order chi connectivity index (χ0) is 21.4. The van der Waals surface area contributed by atoms with E-state index in [1.54, 1.807) is 7.05 Å². The molecule has 2 N–H and O–H groups in total. The highest BCUT2D eigenvalue weighted by Crippen LogP contribution is 2.35. The molecule has 3 aromatic rings. The van der Waals surface area contributed by atoms with Gasteiger partial charge in [0.15, 0.2) is 11.4 Å². The van der Waals surface area contributed by atoms with Gasteiger partial charge in [0.05, 0.1) is 6.04 Å². The van der Waals surface area contributed by atoms with Crippen molar-refractivity contribution in [1.82, 2.24) is 9.47 Å². The second kappa shape index (κ2) is 7.51. The number of nitrogens with zero attached hydrogens (tertiary/aromatic N) is 2. The molecule has 0 saturated heterocycles. The van der Waals surface area contributed by atoms with Gasteiger partial charge in [0, 0.05) is 25.7 Å². The van der Waals surface area contributed by atoms with Crippen LogP contribution in [0.3, 0.4) is 0 Å². The molecule has 1 amide bonds. The van der Waals surface area contributed by atoms with Gasteiger partial charge >= 0.3 is 5.97 Å².